The number of nitrogens with zero attached hydrogens (tertiary/aromatic N) is 3. The summed E-state index contributed by atoms with van der Waals surface area (Å²) in [7, 11) is 0. The second-order valence-electron chi connectivity index (χ2n) is 5.93. The Kier molecular flexibility index (Phi) is 7.64. The van der Waals surface area contributed by atoms with E-state index in [1.807, 2.05) is 12.1 Å². The maximum absolute atomic E-state index is 12.5. The molecule has 3 rings (SSSR count). The van der Waals surface area contributed by atoms with Gasteiger partial charge in [-0.2, -0.15) is 13.2 Å². The molecular formula is C19H17Cl2F3N4O. The van der Waals surface area contributed by atoms with E-state index in [1.54, 1.807) is 19.1 Å². The highest BCUT2D eigenvalue weighted by molar-refractivity contribution is 6.33. The number of halogens is 5. The molecule has 0 atom stereocenters. The molecule has 2 aromatic heterocycles. The fraction of sp³-hybridized carbons (Fsp3) is 0.211. The average molecular weight is 445 g/mol. The van der Waals surface area contributed by atoms with Gasteiger partial charge in [-0.3, -0.25) is 0 Å². The molecule has 29 heavy (non-hydrogen) atoms. The average Bonchev–Trinajstić information content (AvgIpc) is 2.66. The minimum Gasteiger partial charge on any atom is -0.439 e. The van der Waals surface area contributed by atoms with Crippen molar-refractivity contribution in [2.45, 2.75) is 19.5 Å². The van der Waals surface area contributed by atoms with Crippen molar-refractivity contribution in [1.82, 2.24) is 15.0 Å². The fourth-order valence-electron chi connectivity index (χ4n) is 2.36. The van der Waals surface area contributed by atoms with Crippen LogP contribution in [0.1, 0.15) is 16.8 Å². The number of alkyl halides is 3. The second kappa shape index (κ2) is 9.76. The molecule has 0 saturated carbocycles. The van der Waals surface area contributed by atoms with Crippen LogP contribution in [0.15, 0.2) is 48.9 Å². The summed E-state index contributed by atoms with van der Waals surface area (Å²) in [5.41, 5.74) is 0.932. The molecule has 154 valence electrons. The van der Waals surface area contributed by atoms with Gasteiger partial charge in [0, 0.05) is 18.8 Å². The monoisotopic (exact) mass is 444 g/mol. The van der Waals surface area contributed by atoms with Crippen molar-refractivity contribution in [3.8, 4) is 11.6 Å². The minimum absolute atomic E-state index is 0. The Hall–Kier alpha value is -2.58. The lowest BCUT2D eigenvalue weighted by Gasteiger charge is -2.10. The van der Waals surface area contributed by atoms with E-state index < -0.39 is 11.7 Å². The van der Waals surface area contributed by atoms with Gasteiger partial charge in [0.05, 0.1) is 11.3 Å². The first-order chi connectivity index (χ1) is 13.3. The Labute approximate surface area is 176 Å². The SMILES string of the molecule is Cc1ncnc(NCCc2ccc(Oc3ccc(C(F)(F)F)cn3)cc2)c1Cl.Cl. The van der Waals surface area contributed by atoms with Gasteiger partial charge in [0.25, 0.3) is 0 Å². The van der Waals surface area contributed by atoms with E-state index in [0.29, 0.717) is 28.8 Å². The standard InChI is InChI=1S/C19H16ClF3N4O.ClH/c1-12-17(20)18(27-11-26-12)24-9-8-13-2-5-15(6-3-13)28-16-7-4-14(10-25-16)19(21,22)23;/h2-7,10-11H,8-9H2,1H3,(H,24,26,27);1H. The minimum atomic E-state index is -4.42. The van der Waals surface area contributed by atoms with Crippen molar-refractivity contribution in [3.05, 3.63) is 70.8 Å². The van der Waals surface area contributed by atoms with Gasteiger partial charge < -0.3 is 10.1 Å². The molecule has 3 aromatic rings. The summed E-state index contributed by atoms with van der Waals surface area (Å²) in [6.07, 6.45) is -1.51. The number of hydrogen-bond donors (Lipinski definition) is 1. The predicted octanol–water partition coefficient (Wildman–Crippen LogP) is 5.72. The Morgan fingerprint density at radius 2 is 1.76 bits per heavy atom. The van der Waals surface area contributed by atoms with Crippen molar-refractivity contribution >= 4 is 29.8 Å². The molecule has 1 aromatic carbocycles. The van der Waals surface area contributed by atoms with E-state index in [4.69, 9.17) is 16.3 Å². The summed E-state index contributed by atoms with van der Waals surface area (Å²) in [4.78, 5) is 11.8. The summed E-state index contributed by atoms with van der Waals surface area (Å²) in [5.74, 6) is 1.16. The molecule has 0 bridgehead atoms. The number of aryl methyl sites for hydroxylation is 1. The molecular weight excluding hydrogens is 428 g/mol. The van der Waals surface area contributed by atoms with E-state index in [-0.39, 0.29) is 18.3 Å². The summed E-state index contributed by atoms with van der Waals surface area (Å²) in [6.45, 7) is 2.43. The van der Waals surface area contributed by atoms with Crippen LogP contribution in [0.5, 0.6) is 11.6 Å². The van der Waals surface area contributed by atoms with Gasteiger partial charge in [0.2, 0.25) is 5.88 Å². The maximum atomic E-state index is 12.5. The first-order valence-electron chi connectivity index (χ1n) is 8.34. The lowest BCUT2D eigenvalue weighted by atomic mass is 10.1. The molecule has 0 aliphatic carbocycles. The second-order valence-corrected chi connectivity index (χ2v) is 6.31. The molecule has 0 fully saturated rings. The molecule has 5 nitrogen and oxygen atoms in total. The third kappa shape index (κ3) is 6.20. The number of rotatable bonds is 6. The predicted molar refractivity (Wildman–Crippen MR) is 107 cm³/mol. The largest absolute Gasteiger partial charge is 0.439 e. The van der Waals surface area contributed by atoms with Crippen molar-refractivity contribution < 1.29 is 17.9 Å². The Morgan fingerprint density at radius 3 is 2.38 bits per heavy atom. The number of anilines is 1. The smallest absolute Gasteiger partial charge is 0.417 e. The van der Waals surface area contributed by atoms with Crippen LogP contribution in [0.4, 0.5) is 19.0 Å². The van der Waals surface area contributed by atoms with Crippen LogP contribution in [0.3, 0.4) is 0 Å². The van der Waals surface area contributed by atoms with Gasteiger partial charge in [-0.05, 0) is 37.1 Å². The Bertz CT molecular complexity index is 936. The molecule has 1 N–H and O–H groups in total. The van der Waals surface area contributed by atoms with Gasteiger partial charge in [-0.1, -0.05) is 23.7 Å². The quantitative estimate of drug-likeness (QED) is 0.526. The van der Waals surface area contributed by atoms with E-state index in [9.17, 15) is 13.2 Å². The van der Waals surface area contributed by atoms with Crippen LogP contribution >= 0.6 is 24.0 Å². The first-order valence-corrected chi connectivity index (χ1v) is 8.72. The highest BCUT2D eigenvalue weighted by Gasteiger charge is 2.30. The third-order valence-corrected chi connectivity index (χ3v) is 4.33. The van der Waals surface area contributed by atoms with Gasteiger partial charge in [-0.15, -0.1) is 12.4 Å². The number of pyridine rings is 1. The van der Waals surface area contributed by atoms with Gasteiger partial charge in [0.15, 0.2) is 0 Å². The lowest BCUT2D eigenvalue weighted by molar-refractivity contribution is -0.137. The van der Waals surface area contributed by atoms with Crippen LogP contribution in [-0.2, 0) is 12.6 Å². The zero-order chi connectivity index (χ0) is 20.1. The summed E-state index contributed by atoms with van der Waals surface area (Å²) in [5, 5.41) is 3.65. The molecule has 0 aliphatic heterocycles. The topological polar surface area (TPSA) is 59.9 Å². The van der Waals surface area contributed by atoms with E-state index in [0.717, 1.165) is 24.2 Å². The highest BCUT2D eigenvalue weighted by atomic mass is 35.5. The lowest BCUT2D eigenvalue weighted by Crippen LogP contribution is -2.07. The summed E-state index contributed by atoms with van der Waals surface area (Å²) < 4.78 is 43.1. The van der Waals surface area contributed by atoms with Gasteiger partial charge >= 0.3 is 6.18 Å². The number of ether oxygens (including phenoxy) is 1. The number of aromatic nitrogens is 3. The molecule has 10 heteroatoms. The zero-order valence-electron chi connectivity index (χ0n) is 15.2. The van der Waals surface area contributed by atoms with Crippen molar-refractivity contribution in [2.24, 2.45) is 0 Å². The Morgan fingerprint density at radius 1 is 1.03 bits per heavy atom. The molecule has 0 amide bonds. The molecule has 2 heterocycles. The van der Waals surface area contributed by atoms with Crippen LogP contribution in [-0.4, -0.2) is 21.5 Å². The zero-order valence-corrected chi connectivity index (χ0v) is 16.8. The van der Waals surface area contributed by atoms with Gasteiger partial charge in [-0.25, -0.2) is 15.0 Å². The van der Waals surface area contributed by atoms with E-state index in [2.05, 4.69) is 20.3 Å². The Balaban J connectivity index is 0.00000300. The van der Waals surface area contributed by atoms with Crippen molar-refractivity contribution in [2.75, 3.05) is 11.9 Å². The fourth-order valence-corrected chi connectivity index (χ4v) is 2.52. The highest BCUT2D eigenvalue weighted by Crippen LogP contribution is 2.30. The molecule has 0 spiro atoms. The third-order valence-electron chi connectivity index (χ3n) is 3.88. The first kappa shape index (κ1) is 22.7. The van der Waals surface area contributed by atoms with Crippen LogP contribution < -0.4 is 10.1 Å². The summed E-state index contributed by atoms with van der Waals surface area (Å²) in [6, 6.07) is 9.32. The number of hydrogen-bond acceptors (Lipinski definition) is 5. The van der Waals surface area contributed by atoms with E-state index >= 15 is 0 Å². The summed E-state index contributed by atoms with van der Waals surface area (Å²) >= 11 is 6.14. The van der Waals surface area contributed by atoms with Crippen LogP contribution in [0.2, 0.25) is 5.02 Å². The van der Waals surface area contributed by atoms with Crippen LogP contribution in [0.25, 0.3) is 0 Å². The number of benzene rings is 1. The normalized spacial score (nSPS) is 10.9. The molecule has 0 aliphatic rings. The maximum Gasteiger partial charge on any atom is 0.417 e. The molecule has 0 unspecified atom stereocenters. The van der Waals surface area contributed by atoms with Crippen molar-refractivity contribution in [1.29, 1.82) is 0 Å². The number of nitrogens with one attached hydrogen (secondary N) is 1. The van der Waals surface area contributed by atoms with E-state index in [1.165, 1.54) is 12.4 Å². The van der Waals surface area contributed by atoms with Crippen molar-refractivity contribution in [3.63, 3.8) is 0 Å². The molecule has 0 radical (unpaired) electrons. The van der Waals surface area contributed by atoms with Gasteiger partial charge in [0.1, 0.15) is 22.9 Å². The molecule has 0 saturated heterocycles. The van der Waals surface area contributed by atoms with Crippen LogP contribution in [0, 0.1) is 6.92 Å².